The molecule has 0 aromatic heterocycles. The first kappa shape index (κ1) is 17.1. The van der Waals surface area contributed by atoms with Crippen LogP contribution in [0.15, 0.2) is 24.3 Å². The van der Waals surface area contributed by atoms with Crippen LogP contribution in [-0.4, -0.2) is 50.0 Å². The van der Waals surface area contributed by atoms with Gasteiger partial charge in [0.1, 0.15) is 11.6 Å². The SMILES string of the molecule is O=C(CSCCOc1cccc(F)c1)NC1CCS(=O)(=O)C1. The number of carbonyl (C=O) groups is 1. The zero-order valence-corrected chi connectivity index (χ0v) is 13.6. The number of rotatable bonds is 7. The molecular weight excluding hydrogens is 329 g/mol. The summed E-state index contributed by atoms with van der Waals surface area (Å²) in [5.41, 5.74) is 0. The van der Waals surface area contributed by atoms with E-state index in [4.69, 9.17) is 4.74 Å². The molecule has 8 heteroatoms. The van der Waals surface area contributed by atoms with Crippen LogP contribution in [0.3, 0.4) is 0 Å². The van der Waals surface area contributed by atoms with Crippen molar-refractivity contribution in [3.8, 4) is 5.75 Å². The van der Waals surface area contributed by atoms with Gasteiger partial charge in [0.25, 0.3) is 0 Å². The van der Waals surface area contributed by atoms with Crippen LogP contribution in [0.2, 0.25) is 0 Å². The average molecular weight is 347 g/mol. The molecule has 1 unspecified atom stereocenters. The van der Waals surface area contributed by atoms with Crippen LogP contribution in [0.1, 0.15) is 6.42 Å². The molecule has 0 radical (unpaired) electrons. The maximum atomic E-state index is 12.9. The second kappa shape index (κ2) is 7.82. The summed E-state index contributed by atoms with van der Waals surface area (Å²) in [6, 6.07) is 5.62. The largest absolute Gasteiger partial charge is 0.493 e. The molecule has 0 bridgehead atoms. The predicted molar refractivity (Wildman–Crippen MR) is 84.4 cm³/mol. The molecule has 1 saturated heterocycles. The maximum absolute atomic E-state index is 12.9. The number of amides is 1. The number of ether oxygens (including phenoxy) is 1. The van der Waals surface area contributed by atoms with Crippen molar-refractivity contribution in [2.75, 3.05) is 29.6 Å². The Bertz CT molecular complexity index is 621. The molecule has 0 spiro atoms. The summed E-state index contributed by atoms with van der Waals surface area (Å²) >= 11 is 1.39. The topological polar surface area (TPSA) is 72.5 Å². The number of hydrogen-bond donors (Lipinski definition) is 1. The Kier molecular flexibility index (Phi) is 6.07. The first-order valence-corrected chi connectivity index (χ1v) is 9.88. The highest BCUT2D eigenvalue weighted by molar-refractivity contribution is 7.99. The van der Waals surface area contributed by atoms with E-state index in [1.165, 1.54) is 23.9 Å². The molecule has 22 heavy (non-hydrogen) atoms. The summed E-state index contributed by atoms with van der Waals surface area (Å²) in [6.45, 7) is 0.374. The van der Waals surface area contributed by atoms with Crippen LogP contribution in [0.4, 0.5) is 4.39 Å². The van der Waals surface area contributed by atoms with Crippen molar-refractivity contribution in [2.24, 2.45) is 0 Å². The third kappa shape index (κ3) is 5.84. The Hall–Kier alpha value is -1.28. The molecule has 1 N–H and O–H groups in total. The molecule has 5 nitrogen and oxygen atoms in total. The summed E-state index contributed by atoms with van der Waals surface area (Å²) in [6.07, 6.45) is 0.488. The van der Waals surface area contributed by atoms with Crippen molar-refractivity contribution in [3.05, 3.63) is 30.1 Å². The van der Waals surface area contributed by atoms with Crippen molar-refractivity contribution in [3.63, 3.8) is 0 Å². The van der Waals surface area contributed by atoms with Crippen molar-refractivity contribution in [1.29, 1.82) is 0 Å². The van der Waals surface area contributed by atoms with Crippen LogP contribution in [0, 0.1) is 5.82 Å². The zero-order valence-electron chi connectivity index (χ0n) is 12.0. The first-order valence-electron chi connectivity index (χ1n) is 6.90. The lowest BCUT2D eigenvalue weighted by Gasteiger charge is -2.10. The van der Waals surface area contributed by atoms with Gasteiger partial charge in [-0.05, 0) is 18.6 Å². The molecule has 1 aliphatic heterocycles. The minimum atomic E-state index is -2.98. The molecule has 1 atom stereocenters. The van der Waals surface area contributed by atoms with Gasteiger partial charge in [0.2, 0.25) is 5.91 Å². The Morgan fingerprint density at radius 3 is 2.95 bits per heavy atom. The molecule has 1 amide bonds. The lowest BCUT2D eigenvalue weighted by Crippen LogP contribution is -2.36. The number of benzene rings is 1. The van der Waals surface area contributed by atoms with E-state index >= 15 is 0 Å². The fourth-order valence-corrected chi connectivity index (χ4v) is 4.41. The number of nitrogens with one attached hydrogen (secondary N) is 1. The summed E-state index contributed by atoms with van der Waals surface area (Å²) in [4.78, 5) is 11.7. The highest BCUT2D eigenvalue weighted by atomic mass is 32.2. The van der Waals surface area contributed by atoms with Crippen molar-refractivity contribution in [2.45, 2.75) is 12.5 Å². The van der Waals surface area contributed by atoms with Crippen molar-refractivity contribution in [1.82, 2.24) is 5.32 Å². The van der Waals surface area contributed by atoms with Gasteiger partial charge in [-0.15, -0.1) is 11.8 Å². The molecule has 0 aliphatic carbocycles. The number of thioether (sulfide) groups is 1. The van der Waals surface area contributed by atoms with E-state index in [0.717, 1.165) is 0 Å². The molecule has 1 aromatic rings. The fraction of sp³-hybridized carbons (Fsp3) is 0.500. The third-order valence-corrected chi connectivity index (χ3v) is 5.81. The first-order chi connectivity index (χ1) is 10.4. The molecule has 2 rings (SSSR count). The van der Waals surface area contributed by atoms with E-state index in [9.17, 15) is 17.6 Å². The number of hydrogen-bond acceptors (Lipinski definition) is 5. The lowest BCUT2D eigenvalue weighted by atomic mass is 10.3. The van der Waals surface area contributed by atoms with Gasteiger partial charge in [0, 0.05) is 17.9 Å². The lowest BCUT2D eigenvalue weighted by molar-refractivity contribution is -0.119. The van der Waals surface area contributed by atoms with Gasteiger partial charge in [-0.2, -0.15) is 0 Å². The summed E-state index contributed by atoms with van der Waals surface area (Å²) in [5.74, 6) is 0.962. The summed E-state index contributed by atoms with van der Waals surface area (Å²) in [5, 5.41) is 2.72. The van der Waals surface area contributed by atoms with Gasteiger partial charge in [-0.25, -0.2) is 12.8 Å². The van der Waals surface area contributed by atoms with E-state index in [1.54, 1.807) is 12.1 Å². The predicted octanol–water partition coefficient (Wildman–Crippen LogP) is 1.24. The minimum absolute atomic E-state index is 0.0338. The Balaban J connectivity index is 1.58. The quantitative estimate of drug-likeness (QED) is 0.752. The van der Waals surface area contributed by atoms with Gasteiger partial charge >= 0.3 is 0 Å². The molecule has 0 saturated carbocycles. The molecule has 1 aromatic carbocycles. The van der Waals surface area contributed by atoms with E-state index < -0.39 is 9.84 Å². The van der Waals surface area contributed by atoms with E-state index in [-0.39, 0.29) is 35.0 Å². The molecular formula is C14H18FNO4S2. The van der Waals surface area contributed by atoms with Gasteiger partial charge in [-0.3, -0.25) is 4.79 Å². The normalized spacial score (nSPS) is 19.8. The minimum Gasteiger partial charge on any atom is -0.493 e. The Morgan fingerprint density at radius 1 is 1.45 bits per heavy atom. The van der Waals surface area contributed by atoms with Crippen LogP contribution in [-0.2, 0) is 14.6 Å². The van der Waals surface area contributed by atoms with E-state index in [1.807, 2.05) is 0 Å². The second-order valence-corrected chi connectivity index (χ2v) is 8.36. The highest BCUT2D eigenvalue weighted by Crippen LogP contribution is 2.13. The Labute approximate surface area is 133 Å². The maximum Gasteiger partial charge on any atom is 0.230 e. The summed E-state index contributed by atoms with van der Waals surface area (Å²) < 4.78 is 40.8. The molecule has 1 aliphatic rings. The van der Waals surface area contributed by atoms with Crippen molar-refractivity contribution < 1.29 is 22.3 Å². The van der Waals surface area contributed by atoms with Crippen LogP contribution in [0.25, 0.3) is 0 Å². The van der Waals surface area contributed by atoms with E-state index in [2.05, 4.69) is 5.32 Å². The highest BCUT2D eigenvalue weighted by Gasteiger charge is 2.28. The molecule has 122 valence electrons. The average Bonchev–Trinajstić information content (AvgIpc) is 2.77. The number of sulfone groups is 1. The molecule has 1 fully saturated rings. The monoisotopic (exact) mass is 347 g/mol. The molecule has 1 heterocycles. The van der Waals surface area contributed by atoms with E-state index in [0.29, 0.717) is 24.5 Å². The fourth-order valence-electron chi connectivity index (χ4n) is 2.12. The number of halogens is 1. The van der Waals surface area contributed by atoms with Crippen LogP contribution >= 0.6 is 11.8 Å². The standard InChI is InChI=1S/C14H18FNO4S2/c15-11-2-1-3-13(8-11)20-5-6-21-9-14(17)16-12-4-7-22(18,19)10-12/h1-3,8,12H,4-7,9-10H2,(H,16,17). The van der Waals surface area contributed by atoms with Crippen LogP contribution < -0.4 is 10.1 Å². The third-order valence-electron chi connectivity index (χ3n) is 3.12. The van der Waals surface area contributed by atoms with Crippen LogP contribution in [0.5, 0.6) is 5.75 Å². The smallest absolute Gasteiger partial charge is 0.230 e. The van der Waals surface area contributed by atoms with Crippen molar-refractivity contribution >= 4 is 27.5 Å². The van der Waals surface area contributed by atoms with Gasteiger partial charge in [0.15, 0.2) is 9.84 Å². The Morgan fingerprint density at radius 2 is 2.27 bits per heavy atom. The number of carbonyl (C=O) groups excluding carboxylic acids is 1. The van der Waals surface area contributed by atoms with Gasteiger partial charge in [0.05, 0.1) is 23.9 Å². The van der Waals surface area contributed by atoms with Gasteiger partial charge < -0.3 is 10.1 Å². The van der Waals surface area contributed by atoms with Gasteiger partial charge in [-0.1, -0.05) is 6.07 Å². The summed E-state index contributed by atoms with van der Waals surface area (Å²) in [7, 11) is -2.98. The zero-order chi connectivity index (χ0) is 16.0. The second-order valence-electron chi connectivity index (χ2n) is 5.03.